The van der Waals surface area contributed by atoms with Crippen molar-refractivity contribution in [2.24, 2.45) is 5.73 Å². The van der Waals surface area contributed by atoms with Crippen molar-refractivity contribution in [2.45, 2.75) is 6.42 Å². The van der Waals surface area contributed by atoms with Gasteiger partial charge in [-0.05, 0) is 14.1 Å². The number of nitrogens with two attached hydrogens (primary N) is 1. The third kappa shape index (κ3) is 5.14. The van der Waals surface area contributed by atoms with Crippen molar-refractivity contribution in [1.82, 2.24) is 14.7 Å². The van der Waals surface area contributed by atoms with Crippen molar-refractivity contribution in [3.8, 4) is 0 Å². The maximum atomic E-state index is 11.6. The first kappa shape index (κ1) is 13.9. The molecule has 0 spiro atoms. The first-order chi connectivity index (χ1) is 7.99. The number of hydrogen-bond donors (Lipinski definition) is 1. The monoisotopic (exact) mass is 242 g/mol. The van der Waals surface area contributed by atoms with Crippen LogP contribution in [0.2, 0.25) is 0 Å². The van der Waals surface area contributed by atoms with Crippen LogP contribution in [0.5, 0.6) is 0 Å². The average molecular weight is 242 g/mol. The summed E-state index contributed by atoms with van der Waals surface area (Å²) in [6.45, 7) is 5.18. The molecule has 1 aliphatic rings. The first-order valence-electron chi connectivity index (χ1n) is 5.92. The molecule has 1 fully saturated rings. The number of primary amides is 1. The smallest absolute Gasteiger partial charge is 0.232 e. The zero-order valence-electron chi connectivity index (χ0n) is 10.7. The van der Waals surface area contributed by atoms with Crippen LogP contribution in [0.25, 0.3) is 0 Å². The van der Waals surface area contributed by atoms with E-state index in [-0.39, 0.29) is 12.3 Å². The van der Waals surface area contributed by atoms with Gasteiger partial charge in [0.2, 0.25) is 11.8 Å². The molecule has 17 heavy (non-hydrogen) atoms. The summed E-state index contributed by atoms with van der Waals surface area (Å²) in [5.41, 5.74) is 5.01. The molecule has 0 saturated carbocycles. The number of carbonyl (C=O) groups excluding carboxylic acids is 2. The summed E-state index contributed by atoms with van der Waals surface area (Å²) in [6.07, 6.45) is -0.169. The van der Waals surface area contributed by atoms with Gasteiger partial charge in [-0.25, -0.2) is 0 Å². The SMILES string of the molecule is CN(C)CCN1CCN(C(=O)CC(N)=O)CC1. The van der Waals surface area contributed by atoms with Crippen LogP contribution in [0.1, 0.15) is 6.42 Å². The number of hydrogen-bond acceptors (Lipinski definition) is 4. The predicted octanol–water partition coefficient (Wildman–Crippen LogP) is -1.43. The lowest BCUT2D eigenvalue weighted by Gasteiger charge is -2.35. The summed E-state index contributed by atoms with van der Waals surface area (Å²) in [6, 6.07) is 0. The molecule has 0 atom stereocenters. The summed E-state index contributed by atoms with van der Waals surface area (Å²) < 4.78 is 0. The largest absolute Gasteiger partial charge is 0.369 e. The van der Waals surface area contributed by atoms with Gasteiger partial charge in [0, 0.05) is 39.3 Å². The van der Waals surface area contributed by atoms with Gasteiger partial charge in [0.25, 0.3) is 0 Å². The van der Waals surface area contributed by atoms with E-state index in [0.29, 0.717) is 13.1 Å². The Kier molecular flexibility index (Phi) is 5.37. The predicted molar refractivity (Wildman–Crippen MR) is 65.4 cm³/mol. The van der Waals surface area contributed by atoms with Crippen molar-refractivity contribution in [2.75, 3.05) is 53.4 Å². The molecular formula is C11H22N4O2. The lowest BCUT2D eigenvalue weighted by molar-refractivity contribution is -0.136. The van der Waals surface area contributed by atoms with Crippen molar-refractivity contribution < 1.29 is 9.59 Å². The quantitative estimate of drug-likeness (QED) is 0.600. The summed E-state index contributed by atoms with van der Waals surface area (Å²) in [5.74, 6) is -0.699. The Labute approximate surface area is 102 Å². The maximum absolute atomic E-state index is 11.6. The number of nitrogens with zero attached hydrogens (tertiary/aromatic N) is 3. The number of piperazine rings is 1. The normalized spacial score (nSPS) is 17.5. The lowest BCUT2D eigenvalue weighted by Crippen LogP contribution is -2.50. The van der Waals surface area contributed by atoms with Crippen molar-refractivity contribution in [3.63, 3.8) is 0 Å². The highest BCUT2D eigenvalue weighted by Gasteiger charge is 2.21. The number of rotatable bonds is 5. The number of carbonyl (C=O) groups is 2. The minimum absolute atomic E-state index is 0.148. The van der Waals surface area contributed by atoms with Gasteiger partial charge < -0.3 is 15.5 Å². The number of likely N-dealkylation sites (N-methyl/N-ethyl adjacent to an activating group) is 1. The van der Waals surface area contributed by atoms with Crippen LogP contribution >= 0.6 is 0 Å². The molecule has 0 aromatic heterocycles. The van der Waals surface area contributed by atoms with E-state index in [1.54, 1.807) is 4.90 Å². The Morgan fingerprint density at radius 2 is 1.76 bits per heavy atom. The zero-order chi connectivity index (χ0) is 12.8. The molecular weight excluding hydrogens is 220 g/mol. The van der Waals surface area contributed by atoms with Crippen LogP contribution < -0.4 is 5.73 Å². The van der Waals surface area contributed by atoms with Crippen LogP contribution in [0, 0.1) is 0 Å². The van der Waals surface area contributed by atoms with Gasteiger partial charge in [-0.2, -0.15) is 0 Å². The molecule has 0 aliphatic carbocycles. The summed E-state index contributed by atoms with van der Waals surface area (Å²) in [4.78, 5) is 28.4. The van der Waals surface area contributed by atoms with Crippen LogP contribution in [-0.4, -0.2) is 79.9 Å². The molecule has 0 bridgehead atoms. The fraction of sp³-hybridized carbons (Fsp3) is 0.818. The molecule has 0 unspecified atom stereocenters. The summed E-state index contributed by atoms with van der Waals surface area (Å²) in [5, 5.41) is 0. The Balaban J connectivity index is 2.25. The van der Waals surface area contributed by atoms with E-state index in [1.165, 1.54) is 0 Å². The fourth-order valence-electron chi connectivity index (χ4n) is 1.82. The lowest BCUT2D eigenvalue weighted by atomic mass is 10.2. The van der Waals surface area contributed by atoms with E-state index < -0.39 is 5.91 Å². The Morgan fingerprint density at radius 1 is 1.18 bits per heavy atom. The van der Waals surface area contributed by atoms with E-state index in [0.717, 1.165) is 26.2 Å². The third-order valence-corrected chi connectivity index (χ3v) is 2.91. The van der Waals surface area contributed by atoms with Crippen LogP contribution in [0.4, 0.5) is 0 Å². The van der Waals surface area contributed by atoms with E-state index in [9.17, 15) is 9.59 Å². The number of amides is 2. The zero-order valence-corrected chi connectivity index (χ0v) is 10.7. The minimum atomic E-state index is -0.551. The fourth-order valence-corrected chi connectivity index (χ4v) is 1.82. The van der Waals surface area contributed by atoms with Gasteiger partial charge in [-0.15, -0.1) is 0 Å². The molecule has 1 aliphatic heterocycles. The highest BCUT2D eigenvalue weighted by Crippen LogP contribution is 2.03. The topological polar surface area (TPSA) is 69.9 Å². The van der Waals surface area contributed by atoms with E-state index in [2.05, 4.69) is 9.80 Å². The molecule has 98 valence electrons. The van der Waals surface area contributed by atoms with Crippen molar-refractivity contribution >= 4 is 11.8 Å². The van der Waals surface area contributed by atoms with E-state index in [1.807, 2.05) is 14.1 Å². The van der Waals surface area contributed by atoms with Crippen LogP contribution in [-0.2, 0) is 9.59 Å². The Hall–Kier alpha value is -1.14. The Bertz CT molecular complexity index is 273. The second-order valence-corrected chi connectivity index (χ2v) is 4.67. The first-order valence-corrected chi connectivity index (χ1v) is 5.92. The highest BCUT2D eigenvalue weighted by atomic mass is 16.2. The summed E-state index contributed by atoms with van der Waals surface area (Å²) >= 11 is 0. The van der Waals surface area contributed by atoms with E-state index >= 15 is 0 Å². The molecule has 0 aromatic carbocycles. The van der Waals surface area contributed by atoms with Gasteiger partial charge in [0.15, 0.2) is 0 Å². The highest BCUT2D eigenvalue weighted by molar-refractivity contribution is 5.96. The van der Waals surface area contributed by atoms with Gasteiger partial charge in [0.1, 0.15) is 6.42 Å². The molecule has 6 heteroatoms. The molecule has 2 amide bonds. The van der Waals surface area contributed by atoms with Crippen molar-refractivity contribution in [3.05, 3.63) is 0 Å². The van der Waals surface area contributed by atoms with Gasteiger partial charge >= 0.3 is 0 Å². The second-order valence-electron chi connectivity index (χ2n) is 4.67. The van der Waals surface area contributed by atoms with Gasteiger partial charge in [-0.3, -0.25) is 14.5 Å². The molecule has 1 heterocycles. The van der Waals surface area contributed by atoms with Crippen molar-refractivity contribution in [1.29, 1.82) is 0 Å². The van der Waals surface area contributed by atoms with E-state index in [4.69, 9.17) is 5.73 Å². The standard InChI is InChI=1S/C11H22N4O2/c1-13(2)3-4-14-5-7-15(8-6-14)11(17)9-10(12)16/h3-9H2,1-2H3,(H2,12,16). The summed E-state index contributed by atoms with van der Waals surface area (Å²) in [7, 11) is 4.10. The molecule has 1 saturated heterocycles. The second kappa shape index (κ2) is 6.56. The molecule has 1 rings (SSSR count). The van der Waals surface area contributed by atoms with Gasteiger partial charge in [-0.1, -0.05) is 0 Å². The maximum Gasteiger partial charge on any atom is 0.232 e. The van der Waals surface area contributed by atoms with Gasteiger partial charge in [0.05, 0.1) is 0 Å². The minimum Gasteiger partial charge on any atom is -0.369 e. The molecule has 0 aromatic rings. The van der Waals surface area contributed by atoms with Crippen LogP contribution in [0.3, 0.4) is 0 Å². The molecule has 6 nitrogen and oxygen atoms in total. The molecule has 0 radical (unpaired) electrons. The van der Waals surface area contributed by atoms with Crippen LogP contribution in [0.15, 0.2) is 0 Å². The third-order valence-electron chi connectivity index (χ3n) is 2.91. The molecule has 2 N–H and O–H groups in total. The average Bonchev–Trinajstić information content (AvgIpc) is 2.26. The Morgan fingerprint density at radius 3 is 2.24 bits per heavy atom.